The van der Waals surface area contributed by atoms with Crippen LogP contribution >= 0.6 is 46.9 Å². The number of hydrogen-bond acceptors (Lipinski definition) is 7. The van der Waals surface area contributed by atoms with Crippen LogP contribution in [0.3, 0.4) is 0 Å². The zero-order chi connectivity index (χ0) is 23.8. The highest BCUT2D eigenvalue weighted by Gasteiger charge is 2.38. The van der Waals surface area contributed by atoms with E-state index in [0.717, 1.165) is 27.8 Å². The maximum Gasteiger partial charge on any atom is 0.266 e. The van der Waals surface area contributed by atoms with E-state index in [1.807, 2.05) is 18.4 Å². The van der Waals surface area contributed by atoms with Gasteiger partial charge in [0.25, 0.3) is 5.91 Å². The summed E-state index contributed by atoms with van der Waals surface area (Å²) in [6.07, 6.45) is 2.11. The Bertz CT molecular complexity index is 1240. The highest BCUT2D eigenvalue weighted by atomic mass is 35.5. The van der Waals surface area contributed by atoms with Gasteiger partial charge in [-0.25, -0.2) is 8.42 Å². The fourth-order valence-electron chi connectivity index (χ4n) is 3.74. The number of thiophene rings is 1. The van der Waals surface area contributed by atoms with Crippen molar-refractivity contribution in [2.45, 2.75) is 25.9 Å². The highest BCUT2D eigenvalue weighted by molar-refractivity contribution is 8.26. The molecule has 2 fully saturated rings. The summed E-state index contributed by atoms with van der Waals surface area (Å²) in [5.74, 6) is -0.637. The first kappa shape index (κ1) is 24.4. The molecule has 6 nitrogen and oxygen atoms in total. The maximum atomic E-state index is 13.4. The van der Waals surface area contributed by atoms with Crippen LogP contribution in [0.4, 0.5) is 0 Å². The summed E-state index contributed by atoms with van der Waals surface area (Å²) in [5.41, 5.74) is 1.85. The lowest BCUT2D eigenvalue weighted by atomic mass is 10.2. The largest absolute Gasteiger partial charge is 0.332 e. The molecule has 2 saturated heterocycles. The molecule has 174 valence electrons. The predicted molar refractivity (Wildman–Crippen MR) is 138 cm³/mol. The number of nitrogens with zero attached hydrogens (tertiary/aromatic N) is 2. The molecule has 0 spiro atoms. The first-order valence-corrected chi connectivity index (χ1v) is 14.5. The van der Waals surface area contributed by atoms with E-state index < -0.39 is 15.9 Å². The van der Waals surface area contributed by atoms with Crippen LogP contribution in [-0.4, -0.2) is 58.4 Å². The molecule has 0 bridgehead atoms. The monoisotopic (exact) mass is 540 g/mol. The number of carbonyl (C=O) groups excluding carboxylic acids is 2. The number of carbonyl (C=O) groups is 2. The zero-order valence-corrected chi connectivity index (χ0v) is 21.7. The summed E-state index contributed by atoms with van der Waals surface area (Å²) >= 11 is 14.0. The van der Waals surface area contributed by atoms with Crippen LogP contribution in [0.15, 0.2) is 40.6 Å². The van der Waals surface area contributed by atoms with E-state index in [0.29, 0.717) is 27.2 Å². The molecule has 11 heteroatoms. The Kier molecular flexibility index (Phi) is 7.30. The molecule has 2 aliphatic heterocycles. The van der Waals surface area contributed by atoms with Crippen molar-refractivity contribution in [1.29, 1.82) is 0 Å². The highest BCUT2D eigenvalue weighted by Crippen LogP contribution is 2.33. The topological polar surface area (TPSA) is 74.8 Å². The first-order valence-electron chi connectivity index (χ1n) is 10.2. The Morgan fingerprint density at radius 1 is 1.30 bits per heavy atom. The van der Waals surface area contributed by atoms with Gasteiger partial charge in [-0.2, -0.15) is 0 Å². The molecule has 2 amide bonds. The SMILES string of the molecule is Cc1ccsc1CN(C(=O)CN1C(=O)/C(=C/c2ccc(Cl)cc2)SC1=S)C1CCS(=O)(=O)C1. The Morgan fingerprint density at radius 2 is 2.03 bits per heavy atom. The third-order valence-corrected chi connectivity index (χ3v) is 9.97. The number of aryl methyl sites for hydroxylation is 1. The van der Waals surface area contributed by atoms with Gasteiger partial charge in [-0.15, -0.1) is 11.3 Å². The molecule has 3 heterocycles. The van der Waals surface area contributed by atoms with Crippen molar-refractivity contribution < 1.29 is 18.0 Å². The summed E-state index contributed by atoms with van der Waals surface area (Å²) in [5, 5.41) is 2.54. The maximum absolute atomic E-state index is 13.4. The predicted octanol–water partition coefficient (Wildman–Crippen LogP) is 4.13. The van der Waals surface area contributed by atoms with Crippen LogP contribution in [0.1, 0.15) is 22.4 Å². The number of benzene rings is 1. The number of hydrogen-bond donors (Lipinski definition) is 0. The quantitative estimate of drug-likeness (QED) is 0.405. The second-order valence-corrected chi connectivity index (χ2v) is 13.3. The van der Waals surface area contributed by atoms with Gasteiger partial charge in [-0.05, 0) is 54.1 Å². The van der Waals surface area contributed by atoms with Crippen molar-refractivity contribution in [1.82, 2.24) is 9.80 Å². The van der Waals surface area contributed by atoms with Crippen molar-refractivity contribution in [3.05, 3.63) is 61.6 Å². The van der Waals surface area contributed by atoms with Crippen LogP contribution in [0.5, 0.6) is 0 Å². The van der Waals surface area contributed by atoms with Gasteiger partial charge in [0, 0.05) is 15.9 Å². The summed E-state index contributed by atoms with van der Waals surface area (Å²) in [6.45, 7) is 2.06. The van der Waals surface area contributed by atoms with Crippen molar-refractivity contribution in [3.63, 3.8) is 0 Å². The Labute approximate surface area is 211 Å². The Balaban J connectivity index is 1.53. The molecule has 1 aromatic carbocycles. The van der Waals surface area contributed by atoms with E-state index >= 15 is 0 Å². The fraction of sp³-hybridized carbons (Fsp3) is 0.318. The Hall–Kier alpha value is -1.72. The molecule has 1 unspecified atom stereocenters. The van der Waals surface area contributed by atoms with E-state index in [1.165, 1.54) is 16.2 Å². The van der Waals surface area contributed by atoms with Gasteiger partial charge in [0.1, 0.15) is 10.9 Å². The van der Waals surface area contributed by atoms with Crippen LogP contribution in [0, 0.1) is 6.92 Å². The van der Waals surface area contributed by atoms with Gasteiger partial charge < -0.3 is 4.90 Å². The minimum Gasteiger partial charge on any atom is -0.332 e. The van der Waals surface area contributed by atoms with Crippen molar-refractivity contribution >= 4 is 79.0 Å². The summed E-state index contributed by atoms with van der Waals surface area (Å²) in [7, 11) is -3.18. The van der Waals surface area contributed by atoms with Gasteiger partial charge in [-0.1, -0.05) is 47.7 Å². The molecule has 0 aliphatic carbocycles. The molecule has 1 atom stereocenters. The molecular formula is C22H21ClN2O4S4. The van der Waals surface area contributed by atoms with E-state index in [1.54, 1.807) is 35.2 Å². The van der Waals surface area contributed by atoms with Gasteiger partial charge in [0.15, 0.2) is 9.84 Å². The van der Waals surface area contributed by atoms with Crippen LogP contribution < -0.4 is 0 Å². The van der Waals surface area contributed by atoms with E-state index in [9.17, 15) is 18.0 Å². The molecule has 2 aliphatic rings. The van der Waals surface area contributed by atoms with Crippen molar-refractivity contribution in [2.24, 2.45) is 0 Å². The molecule has 0 saturated carbocycles. The minimum atomic E-state index is -3.18. The summed E-state index contributed by atoms with van der Waals surface area (Å²) in [4.78, 5) is 30.7. The molecule has 0 N–H and O–H groups in total. The number of rotatable bonds is 6. The number of sulfone groups is 1. The molecule has 0 radical (unpaired) electrons. The molecule has 1 aromatic heterocycles. The van der Waals surface area contributed by atoms with Crippen LogP contribution in [0.2, 0.25) is 5.02 Å². The third kappa shape index (κ3) is 5.68. The zero-order valence-electron chi connectivity index (χ0n) is 17.7. The van der Waals surface area contributed by atoms with E-state index in [2.05, 4.69) is 0 Å². The van der Waals surface area contributed by atoms with E-state index in [-0.39, 0.29) is 29.9 Å². The fourth-order valence-corrected chi connectivity index (χ4v) is 7.75. The van der Waals surface area contributed by atoms with Crippen LogP contribution in [0.25, 0.3) is 6.08 Å². The van der Waals surface area contributed by atoms with Crippen molar-refractivity contribution in [2.75, 3.05) is 18.1 Å². The number of thioether (sulfide) groups is 1. The van der Waals surface area contributed by atoms with Gasteiger partial charge >= 0.3 is 0 Å². The standard InChI is InChI=1S/C22H21ClN2O4S4/c1-14-6-8-31-19(14)11-24(17-7-9-33(28,29)13-17)20(26)12-25-21(27)18(32-22(25)30)10-15-2-4-16(23)5-3-15/h2-6,8,10,17H,7,9,11-13H2,1H3/b18-10-. The molecule has 4 rings (SSSR count). The van der Waals surface area contributed by atoms with Gasteiger partial charge in [0.05, 0.1) is 23.0 Å². The second kappa shape index (κ2) is 9.87. The lowest BCUT2D eigenvalue weighted by Crippen LogP contribution is -2.46. The number of halogens is 1. The minimum absolute atomic E-state index is 0.0575. The van der Waals surface area contributed by atoms with Gasteiger partial charge in [0.2, 0.25) is 5.91 Å². The third-order valence-electron chi connectivity index (χ3n) is 5.59. The normalized spacial score (nSPS) is 21.2. The second-order valence-electron chi connectivity index (χ2n) is 7.92. The average molecular weight is 541 g/mol. The molecule has 2 aromatic rings. The van der Waals surface area contributed by atoms with E-state index in [4.69, 9.17) is 23.8 Å². The first-order chi connectivity index (χ1) is 15.6. The molecule has 33 heavy (non-hydrogen) atoms. The summed E-state index contributed by atoms with van der Waals surface area (Å²) < 4.78 is 24.5. The van der Waals surface area contributed by atoms with Gasteiger partial charge in [-0.3, -0.25) is 14.5 Å². The Morgan fingerprint density at radius 3 is 2.64 bits per heavy atom. The van der Waals surface area contributed by atoms with Crippen molar-refractivity contribution in [3.8, 4) is 0 Å². The smallest absolute Gasteiger partial charge is 0.266 e. The average Bonchev–Trinajstić information content (AvgIpc) is 3.41. The molecular weight excluding hydrogens is 520 g/mol. The summed E-state index contributed by atoms with van der Waals surface area (Å²) in [6, 6.07) is 8.62. The number of thiocarbonyl (C=S) groups is 1. The van der Waals surface area contributed by atoms with Crippen LogP contribution in [-0.2, 0) is 26.0 Å². The number of amides is 2. The lowest BCUT2D eigenvalue weighted by molar-refractivity contribution is -0.137. The lowest BCUT2D eigenvalue weighted by Gasteiger charge is -2.29.